The quantitative estimate of drug-likeness (QED) is 0.744. The largest absolute Gasteiger partial charge is 0.444 e. The lowest BCUT2D eigenvalue weighted by molar-refractivity contribution is 0.0199. The van der Waals surface area contributed by atoms with Gasteiger partial charge in [0.05, 0.1) is 0 Å². The number of ether oxygens (including phenoxy) is 1. The van der Waals surface area contributed by atoms with Gasteiger partial charge >= 0.3 is 6.09 Å². The van der Waals surface area contributed by atoms with Gasteiger partial charge in [-0.15, -0.1) is 0 Å². The second kappa shape index (κ2) is 8.91. The third-order valence-corrected chi connectivity index (χ3v) is 5.22. The van der Waals surface area contributed by atoms with Gasteiger partial charge in [-0.3, -0.25) is 9.88 Å². The van der Waals surface area contributed by atoms with E-state index in [-0.39, 0.29) is 12.1 Å². The Morgan fingerprint density at radius 3 is 2.71 bits per heavy atom. The standard InChI is InChI=1S/C23H33N3O2/c1-18-16-26(22(27)28-23(2,3)4)13-7-5-6-12-25(18)17-19-8-9-21-15-24-11-10-20(21)14-19/h8-11,14-15,18H,5-7,12-13,16-17H2,1-4H3/t18-/m1/s1. The Morgan fingerprint density at radius 1 is 1.14 bits per heavy atom. The first-order valence-electron chi connectivity index (χ1n) is 10.4. The lowest BCUT2D eigenvalue weighted by atomic mass is 10.1. The summed E-state index contributed by atoms with van der Waals surface area (Å²) in [6.07, 6.45) is 6.87. The molecular weight excluding hydrogens is 350 g/mol. The van der Waals surface area contributed by atoms with Crippen molar-refractivity contribution in [1.29, 1.82) is 0 Å². The summed E-state index contributed by atoms with van der Waals surface area (Å²) in [7, 11) is 0. The third kappa shape index (κ3) is 5.68. The summed E-state index contributed by atoms with van der Waals surface area (Å²) in [5.74, 6) is 0. The van der Waals surface area contributed by atoms with Crippen LogP contribution in [0.5, 0.6) is 0 Å². The van der Waals surface area contributed by atoms with E-state index in [0.717, 1.165) is 38.9 Å². The minimum Gasteiger partial charge on any atom is -0.444 e. The van der Waals surface area contributed by atoms with Crippen LogP contribution in [0.25, 0.3) is 10.8 Å². The molecule has 2 aromatic rings. The minimum atomic E-state index is -0.460. The number of carbonyl (C=O) groups is 1. The molecule has 0 N–H and O–H groups in total. The summed E-state index contributed by atoms with van der Waals surface area (Å²) in [5, 5.41) is 2.39. The van der Waals surface area contributed by atoms with Crippen LogP contribution in [0.4, 0.5) is 4.79 Å². The van der Waals surface area contributed by atoms with Gasteiger partial charge in [0, 0.05) is 43.5 Å². The SMILES string of the molecule is C[C@@H]1CN(C(=O)OC(C)(C)C)CCCCCN1Cc1ccc2cnccc2c1. The van der Waals surface area contributed by atoms with Crippen LogP contribution in [0, 0.1) is 0 Å². The number of nitrogens with zero attached hydrogens (tertiary/aromatic N) is 3. The zero-order valence-electron chi connectivity index (χ0n) is 17.6. The summed E-state index contributed by atoms with van der Waals surface area (Å²) in [6.45, 7) is 11.4. The van der Waals surface area contributed by atoms with E-state index >= 15 is 0 Å². The molecule has 1 amide bonds. The Hall–Kier alpha value is -2.14. The van der Waals surface area contributed by atoms with Gasteiger partial charge in [-0.25, -0.2) is 4.79 Å². The molecule has 0 saturated carbocycles. The molecule has 1 aromatic heterocycles. The summed E-state index contributed by atoms with van der Waals surface area (Å²) >= 11 is 0. The lowest BCUT2D eigenvalue weighted by Crippen LogP contribution is -2.45. The zero-order valence-corrected chi connectivity index (χ0v) is 17.6. The Kier molecular flexibility index (Phi) is 6.55. The van der Waals surface area contributed by atoms with Crippen molar-refractivity contribution in [2.45, 2.75) is 65.1 Å². The van der Waals surface area contributed by atoms with Gasteiger partial charge in [0.1, 0.15) is 5.60 Å². The van der Waals surface area contributed by atoms with E-state index in [1.165, 1.54) is 16.3 Å². The van der Waals surface area contributed by atoms with E-state index in [0.29, 0.717) is 6.54 Å². The average molecular weight is 384 g/mol. The van der Waals surface area contributed by atoms with E-state index in [4.69, 9.17) is 4.74 Å². The van der Waals surface area contributed by atoms with Crippen molar-refractivity contribution < 1.29 is 9.53 Å². The second-order valence-electron chi connectivity index (χ2n) is 8.86. The highest BCUT2D eigenvalue weighted by Gasteiger charge is 2.26. The Labute approximate surface area is 168 Å². The van der Waals surface area contributed by atoms with Gasteiger partial charge < -0.3 is 9.64 Å². The number of fused-ring (bicyclic) bond motifs is 1. The first kappa shape index (κ1) is 20.6. The van der Waals surface area contributed by atoms with Crippen molar-refractivity contribution in [3.05, 3.63) is 42.2 Å². The van der Waals surface area contributed by atoms with Crippen LogP contribution in [-0.2, 0) is 11.3 Å². The third-order valence-electron chi connectivity index (χ3n) is 5.22. The molecule has 1 fully saturated rings. The topological polar surface area (TPSA) is 45.7 Å². The molecule has 152 valence electrons. The van der Waals surface area contributed by atoms with Gasteiger partial charge in [-0.05, 0) is 70.2 Å². The van der Waals surface area contributed by atoms with Crippen LogP contribution in [0.2, 0.25) is 0 Å². The second-order valence-corrected chi connectivity index (χ2v) is 8.86. The highest BCUT2D eigenvalue weighted by Crippen LogP contribution is 2.20. The van der Waals surface area contributed by atoms with Gasteiger partial charge in [0.25, 0.3) is 0 Å². The monoisotopic (exact) mass is 383 g/mol. The summed E-state index contributed by atoms with van der Waals surface area (Å²) in [6, 6.07) is 8.92. The van der Waals surface area contributed by atoms with E-state index in [2.05, 4.69) is 41.1 Å². The van der Waals surface area contributed by atoms with Crippen LogP contribution in [0.1, 0.15) is 52.5 Å². The van der Waals surface area contributed by atoms with Gasteiger partial charge in [-0.1, -0.05) is 18.6 Å². The fourth-order valence-electron chi connectivity index (χ4n) is 3.73. The van der Waals surface area contributed by atoms with Crippen molar-refractivity contribution in [2.24, 2.45) is 0 Å². The molecule has 1 aliphatic rings. The number of hydrogen-bond acceptors (Lipinski definition) is 4. The van der Waals surface area contributed by atoms with E-state index < -0.39 is 5.60 Å². The van der Waals surface area contributed by atoms with Crippen molar-refractivity contribution in [3.8, 4) is 0 Å². The fraction of sp³-hybridized carbons (Fsp3) is 0.565. The number of amides is 1. The van der Waals surface area contributed by atoms with E-state index in [1.54, 1.807) is 0 Å². The van der Waals surface area contributed by atoms with Crippen molar-refractivity contribution in [1.82, 2.24) is 14.8 Å². The maximum atomic E-state index is 12.6. The molecule has 28 heavy (non-hydrogen) atoms. The van der Waals surface area contributed by atoms with Gasteiger partial charge in [-0.2, -0.15) is 0 Å². The highest BCUT2D eigenvalue weighted by molar-refractivity contribution is 5.82. The Morgan fingerprint density at radius 2 is 1.93 bits per heavy atom. The Balaban J connectivity index is 1.71. The first-order chi connectivity index (χ1) is 13.3. The molecule has 0 aliphatic carbocycles. The van der Waals surface area contributed by atoms with E-state index in [1.807, 2.05) is 38.1 Å². The maximum absolute atomic E-state index is 12.6. The number of pyridine rings is 1. The first-order valence-corrected chi connectivity index (χ1v) is 10.4. The predicted octanol–water partition coefficient (Wildman–Crippen LogP) is 4.85. The minimum absolute atomic E-state index is 0.195. The number of aromatic nitrogens is 1. The maximum Gasteiger partial charge on any atom is 0.410 e. The molecule has 1 atom stereocenters. The molecule has 0 radical (unpaired) electrons. The average Bonchev–Trinajstić information content (AvgIpc) is 2.72. The normalized spacial score (nSPS) is 19.7. The van der Waals surface area contributed by atoms with Gasteiger partial charge in [0.2, 0.25) is 0 Å². The Bertz CT molecular complexity index is 800. The fourth-order valence-corrected chi connectivity index (χ4v) is 3.73. The molecule has 1 aromatic carbocycles. The summed E-state index contributed by atoms with van der Waals surface area (Å²) in [5.41, 5.74) is 0.840. The van der Waals surface area contributed by atoms with Crippen LogP contribution in [-0.4, -0.2) is 52.2 Å². The van der Waals surface area contributed by atoms with Crippen molar-refractivity contribution in [2.75, 3.05) is 19.6 Å². The molecule has 5 nitrogen and oxygen atoms in total. The number of hydrogen-bond donors (Lipinski definition) is 0. The molecule has 3 rings (SSSR count). The van der Waals surface area contributed by atoms with Crippen LogP contribution in [0.15, 0.2) is 36.7 Å². The number of benzene rings is 1. The van der Waals surface area contributed by atoms with Gasteiger partial charge in [0.15, 0.2) is 0 Å². The molecule has 1 saturated heterocycles. The molecule has 0 bridgehead atoms. The molecule has 5 heteroatoms. The van der Waals surface area contributed by atoms with Crippen LogP contribution < -0.4 is 0 Å². The molecular formula is C23H33N3O2. The van der Waals surface area contributed by atoms with Crippen LogP contribution >= 0.6 is 0 Å². The predicted molar refractivity (Wildman–Crippen MR) is 113 cm³/mol. The van der Waals surface area contributed by atoms with E-state index in [9.17, 15) is 4.79 Å². The van der Waals surface area contributed by atoms with Crippen molar-refractivity contribution >= 4 is 16.9 Å². The van der Waals surface area contributed by atoms with Crippen molar-refractivity contribution in [3.63, 3.8) is 0 Å². The van der Waals surface area contributed by atoms with Crippen LogP contribution in [0.3, 0.4) is 0 Å². The molecule has 2 heterocycles. The molecule has 1 aliphatic heterocycles. The highest BCUT2D eigenvalue weighted by atomic mass is 16.6. The molecule has 0 spiro atoms. The summed E-state index contributed by atoms with van der Waals surface area (Å²) in [4.78, 5) is 21.2. The number of rotatable bonds is 2. The zero-order chi connectivity index (χ0) is 20.1. The smallest absolute Gasteiger partial charge is 0.410 e. The molecule has 0 unspecified atom stereocenters. The summed E-state index contributed by atoms with van der Waals surface area (Å²) < 4.78 is 5.63. The lowest BCUT2D eigenvalue weighted by Gasteiger charge is -2.33. The number of carbonyl (C=O) groups excluding carboxylic acids is 1.